The van der Waals surface area contributed by atoms with Gasteiger partial charge in [-0.2, -0.15) is 0 Å². The van der Waals surface area contributed by atoms with Gasteiger partial charge < -0.3 is 5.32 Å². The fraction of sp³-hybridized carbons (Fsp3) is 0.385. The molecule has 1 fully saturated rings. The van der Waals surface area contributed by atoms with Crippen molar-refractivity contribution >= 4 is 21.8 Å². The molecular weight excluding hydrogens is 246 g/mol. The van der Waals surface area contributed by atoms with Gasteiger partial charge in [0.1, 0.15) is 5.03 Å². The Morgan fingerprint density at radius 2 is 2.17 bits per heavy atom. The van der Waals surface area contributed by atoms with E-state index in [2.05, 4.69) is 15.3 Å². The number of para-hydroxylation sites is 2. The van der Waals surface area contributed by atoms with E-state index in [0.29, 0.717) is 16.7 Å². The van der Waals surface area contributed by atoms with Crippen molar-refractivity contribution in [3.63, 3.8) is 0 Å². The molecule has 0 unspecified atom stereocenters. The van der Waals surface area contributed by atoms with Crippen LogP contribution in [-0.4, -0.2) is 33.0 Å². The number of nitrogens with one attached hydrogen (secondary N) is 1. The summed E-state index contributed by atoms with van der Waals surface area (Å²) in [6.45, 7) is 2.00. The van der Waals surface area contributed by atoms with Crippen LogP contribution >= 0.6 is 0 Å². The third kappa shape index (κ3) is 2.42. The lowest BCUT2D eigenvalue weighted by Gasteiger charge is -2.07. The molecule has 0 bridgehead atoms. The van der Waals surface area contributed by atoms with Crippen molar-refractivity contribution in [2.45, 2.75) is 11.4 Å². The molecule has 2 atom stereocenters. The Morgan fingerprint density at radius 3 is 2.94 bits per heavy atom. The molecule has 5 heteroatoms. The summed E-state index contributed by atoms with van der Waals surface area (Å²) in [6, 6.07) is 7.67. The predicted octanol–water partition coefficient (Wildman–Crippen LogP) is 1.35. The molecule has 0 spiro atoms. The molecule has 1 aromatic carbocycles. The molecule has 0 aliphatic carbocycles. The summed E-state index contributed by atoms with van der Waals surface area (Å²) in [6.07, 6.45) is 2.74. The highest BCUT2D eigenvalue weighted by molar-refractivity contribution is 7.84. The molecule has 0 amide bonds. The van der Waals surface area contributed by atoms with Crippen molar-refractivity contribution in [3.8, 4) is 0 Å². The first-order valence-electron chi connectivity index (χ1n) is 6.14. The van der Waals surface area contributed by atoms with Gasteiger partial charge in [-0.1, -0.05) is 12.1 Å². The minimum atomic E-state index is -1.04. The zero-order valence-corrected chi connectivity index (χ0v) is 10.8. The van der Waals surface area contributed by atoms with Crippen LogP contribution in [0.15, 0.2) is 35.5 Å². The van der Waals surface area contributed by atoms with Gasteiger partial charge >= 0.3 is 0 Å². The third-order valence-corrected chi connectivity index (χ3v) is 4.65. The first kappa shape index (κ1) is 11.7. The SMILES string of the molecule is O=[S@@](C[C@@H]1CCNC1)c1cnc2ccccc2n1. The maximum atomic E-state index is 12.2. The maximum absolute atomic E-state index is 12.2. The van der Waals surface area contributed by atoms with Crippen molar-refractivity contribution < 1.29 is 4.21 Å². The summed E-state index contributed by atoms with van der Waals surface area (Å²) in [4.78, 5) is 8.74. The first-order valence-corrected chi connectivity index (χ1v) is 7.46. The number of nitrogens with zero attached hydrogens (tertiary/aromatic N) is 2. The minimum absolute atomic E-state index is 0.499. The van der Waals surface area contributed by atoms with E-state index in [1.54, 1.807) is 6.20 Å². The summed E-state index contributed by atoms with van der Waals surface area (Å²) >= 11 is 0. The van der Waals surface area contributed by atoms with Gasteiger partial charge in [0.05, 0.1) is 28.0 Å². The fourth-order valence-electron chi connectivity index (χ4n) is 2.21. The number of fused-ring (bicyclic) bond motifs is 1. The van der Waals surface area contributed by atoms with Crippen LogP contribution in [0.5, 0.6) is 0 Å². The van der Waals surface area contributed by atoms with E-state index in [-0.39, 0.29) is 0 Å². The average molecular weight is 261 g/mol. The van der Waals surface area contributed by atoms with Crippen LogP contribution in [0.1, 0.15) is 6.42 Å². The van der Waals surface area contributed by atoms with E-state index < -0.39 is 10.8 Å². The Kier molecular flexibility index (Phi) is 3.34. The Morgan fingerprint density at radius 1 is 1.33 bits per heavy atom. The van der Waals surface area contributed by atoms with Gasteiger partial charge in [0.25, 0.3) is 0 Å². The van der Waals surface area contributed by atoms with Crippen LogP contribution in [0.2, 0.25) is 0 Å². The monoisotopic (exact) mass is 261 g/mol. The van der Waals surface area contributed by atoms with Crippen molar-refractivity contribution in [1.82, 2.24) is 15.3 Å². The van der Waals surface area contributed by atoms with Crippen molar-refractivity contribution in [3.05, 3.63) is 30.5 Å². The number of aromatic nitrogens is 2. The Labute approximate surface area is 108 Å². The normalized spacial score (nSPS) is 21.2. The standard InChI is InChI=1S/C13H15N3OS/c17-18(9-10-5-6-14-7-10)13-8-15-11-3-1-2-4-12(11)16-13/h1-4,8,10,14H,5-7,9H2/t10-,18+/m1/s1. The smallest absolute Gasteiger partial charge is 0.146 e. The molecule has 18 heavy (non-hydrogen) atoms. The van der Waals surface area contributed by atoms with Crippen LogP contribution in [-0.2, 0) is 10.8 Å². The first-order chi connectivity index (χ1) is 8.83. The van der Waals surface area contributed by atoms with Gasteiger partial charge in [-0.15, -0.1) is 0 Å². The topological polar surface area (TPSA) is 54.9 Å². The van der Waals surface area contributed by atoms with E-state index in [1.165, 1.54) is 0 Å². The number of benzene rings is 1. The molecule has 1 N–H and O–H groups in total. The van der Waals surface area contributed by atoms with Crippen molar-refractivity contribution in [2.75, 3.05) is 18.8 Å². The molecule has 4 nitrogen and oxygen atoms in total. The van der Waals surface area contributed by atoms with Crippen LogP contribution in [0.3, 0.4) is 0 Å². The van der Waals surface area contributed by atoms with Crippen LogP contribution in [0.25, 0.3) is 11.0 Å². The Hall–Kier alpha value is -1.33. The molecule has 2 heterocycles. The highest BCUT2D eigenvalue weighted by Gasteiger charge is 2.19. The average Bonchev–Trinajstić information content (AvgIpc) is 2.91. The van der Waals surface area contributed by atoms with Crippen LogP contribution in [0, 0.1) is 5.92 Å². The molecule has 1 aromatic heterocycles. The van der Waals surface area contributed by atoms with Gasteiger partial charge in [0, 0.05) is 5.75 Å². The number of rotatable bonds is 3. The van der Waals surface area contributed by atoms with E-state index in [9.17, 15) is 4.21 Å². The minimum Gasteiger partial charge on any atom is -0.316 e. The van der Waals surface area contributed by atoms with Gasteiger partial charge in [-0.25, -0.2) is 4.98 Å². The third-order valence-electron chi connectivity index (χ3n) is 3.21. The summed E-state index contributed by atoms with van der Waals surface area (Å²) < 4.78 is 12.2. The highest BCUT2D eigenvalue weighted by Crippen LogP contribution is 2.15. The second kappa shape index (κ2) is 5.12. The van der Waals surface area contributed by atoms with Crippen molar-refractivity contribution in [2.24, 2.45) is 5.92 Å². The quantitative estimate of drug-likeness (QED) is 0.906. The summed E-state index contributed by atoms with van der Waals surface area (Å²) in [5.41, 5.74) is 1.66. The van der Waals surface area contributed by atoms with Crippen LogP contribution < -0.4 is 5.32 Å². The summed E-state index contributed by atoms with van der Waals surface area (Å²) in [5.74, 6) is 1.18. The van der Waals surface area contributed by atoms with Crippen molar-refractivity contribution in [1.29, 1.82) is 0 Å². The molecule has 0 saturated carbocycles. The zero-order chi connectivity index (χ0) is 12.4. The van der Waals surface area contributed by atoms with E-state index in [1.807, 2.05) is 24.3 Å². The van der Waals surface area contributed by atoms with E-state index in [4.69, 9.17) is 0 Å². The van der Waals surface area contributed by atoms with Gasteiger partial charge in [0.15, 0.2) is 0 Å². The molecule has 94 valence electrons. The Bertz CT molecular complexity index is 581. The Balaban J connectivity index is 1.82. The lowest BCUT2D eigenvalue weighted by molar-refractivity contribution is 0.631. The number of hydrogen-bond donors (Lipinski definition) is 1. The van der Waals surface area contributed by atoms with Crippen LogP contribution in [0.4, 0.5) is 0 Å². The lowest BCUT2D eigenvalue weighted by atomic mass is 10.2. The largest absolute Gasteiger partial charge is 0.316 e. The molecule has 1 aliphatic heterocycles. The second-order valence-electron chi connectivity index (χ2n) is 4.57. The molecule has 1 saturated heterocycles. The molecule has 2 aromatic rings. The summed E-state index contributed by atoms with van der Waals surface area (Å²) in [5, 5.41) is 3.89. The molecule has 0 radical (unpaired) electrons. The predicted molar refractivity (Wildman–Crippen MR) is 71.8 cm³/mol. The van der Waals surface area contributed by atoms with Gasteiger partial charge in [-0.05, 0) is 37.6 Å². The fourth-order valence-corrected chi connectivity index (χ4v) is 3.46. The van der Waals surface area contributed by atoms with Gasteiger partial charge in [0.2, 0.25) is 0 Å². The molecular formula is C13H15N3OS. The summed E-state index contributed by atoms with van der Waals surface area (Å²) in [7, 11) is -1.04. The van der Waals surface area contributed by atoms with E-state index in [0.717, 1.165) is 30.5 Å². The maximum Gasteiger partial charge on any atom is 0.146 e. The van der Waals surface area contributed by atoms with E-state index >= 15 is 0 Å². The lowest BCUT2D eigenvalue weighted by Crippen LogP contribution is -2.15. The molecule has 3 rings (SSSR count). The van der Waals surface area contributed by atoms with Gasteiger partial charge in [-0.3, -0.25) is 9.19 Å². The second-order valence-corrected chi connectivity index (χ2v) is 6.01. The molecule has 1 aliphatic rings. The highest BCUT2D eigenvalue weighted by atomic mass is 32.2. The zero-order valence-electron chi connectivity index (χ0n) is 10.0. The number of hydrogen-bond acceptors (Lipinski definition) is 4.